The molecule has 11 heteroatoms. The SMILES string of the molecule is CNC(=O)[C@H](CO)NC(=O)C1CN(C(=O)c2cnn(Cc3ccccc3)c2)CC12CN(C(=O)[C@H]1CC1(C)C)C2. The Morgan fingerprint density at radius 1 is 1.08 bits per heavy atom. The van der Waals surface area contributed by atoms with Crippen molar-refractivity contribution in [3.8, 4) is 0 Å². The molecule has 5 rings (SSSR count). The molecule has 1 unspecified atom stereocenters. The van der Waals surface area contributed by atoms with E-state index in [-0.39, 0.29) is 29.7 Å². The fourth-order valence-corrected chi connectivity index (χ4v) is 5.94. The molecule has 4 amide bonds. The van der Waals surface area contributed by atoms with Crippen LogP contribution in [0.15, 0.2) is 42.7 Å². The van der Waals surface area contributed by atoms with Gasteiger partial charge in [0.2, 0.25) is 17.7 Å². The summed E-state index contributed by atoms with van der Waals surface area (Å²) in [5, 5.41) is 19.1. The summed E-state index contributed by atoms with van der Waals surface area (Å²) in [6.07, 6.45) is 4.08. The smallest absolute Gasteiger partial charge is 0.257 e. The Morgan fingerprint density at radius 2 is 1.74 bits per heavy atom. The predicted molar refractivity (Wildman–Crippen MR) is 141 cm³/mol. The number of amides is 4. The minimum absolute atomic E-state index is 0.00391. The van der Waals surface area contributed by atoms with E-state index in [0.29, 0.717) is 31.7 Å². The molecule has 39 heavy (non-hydrogen) atoms. The summed E-state index contributed by atoms with van der Waals surface area (Å²) >= 11 is 0. The van der Waals surface area contributed by atoms with Crippen LogP contribution < -0.4 is 10.6 Å². The number of nitrogens with zero attached hydrogens (tertiary/aromatic N) is 4. The minimum atomic E-state index is -1.09. The van der Waals surface area contributed by atoms with Crippen molar-refractivity contribution < 1.29 is 24.3 Å². The van der Waals surface area contributed by atoms with Crippen molar-refractivity contribution in [1.29, 1.82) is 0 Å². The maximum atomic E-state index is 13.5. The van der Waals surface area contributed by atoms with Crippen LogP contribution in [0.2, 0.25) is 0 Å². The first kappa shape index (κ1) is 26.9. The van der Waals surface area contributed by atoms with Gasteiger partial charge in [0, 0.05) is 50.8 Å². The van der Waals surface area contributed by atoms with Crippen molar-refractivity contribution in [1.82, 2.24) is 30.2 Å². The van der Waals surface area contributed by atoms with Crippen molar-refractivity contribution >= 4 is 23.6 Å². The second-order valence-electron chi connectivity index (χ2n) is 11.8. The maximum absolute atomic E-state index is 13.5. The van der Waals surface area contributed by atoms with Crippen LogP contribution in [0, 0.1) is 22.7 Å². The van der Waals surface area contributed by atoms with Gasteiger partial charge in [-0.3, -0.25) is 23.9 Å². The maximum Gasteiger partial charge on any atom is 0.257 e. The number of likely N-dealkylation sites (tertiary alicyclic amines) is 2. The molecule has 3 N–H and O–H groups in total. The van der Waals surface area contributed by atoms with Crippen molar-refractivity contribution in [3.05, 3.63) is 53.9 Å². The number of carbonyl (C=O) groups is 4. The topological polar surface area (TPSA) is 137 Å². The normalized spacial score (nSPS) is 23.2. The lowest BCUT2D eigenvalue weighted by Crippen LogP contribution is -2.65. The average Bonchev–Trinajstić information content (AvgIpc) is 3.24. The summed E-state index contributed by atoms with van der Waals surface area (Å²) in [6, 6.07) is 8.72. The summed E-state index contributed by atoms with van der Waals surface area (Å²) in [7, 11) is 1.43. The largest absolute Gasteiger partial charge is 0.394 e. The van der Waals surface area contributed by atoms with Crippen LogP contribution >= 0.6 is 0 Å². The Bertz CT molecular complexity index is 1270. The highest BCUT2D eigenvalue weighted by molar-refractivity contribution is 5.95. The predicted octanol–water partition coefficient (Wildman–Crippen LogP) is 0.101. The van der Waals surface area contributed by atoms with Gasteiger partial charge in [0.15, 0.2) is 0 Å². The summed E-state index contributed by atoms with van der Waals surface area (Å²) < 4.78 is 1.70. The Kier molecular flexibility index (Phi) is 6.96. The number of carbonyl (C=O) groups excluding carboxylic acids is 4. The number of aliphatic hydroxyl groups is 1. The number of aromatic nitrogens is 2. The monoisotopic (exact) mass is 536 g/mol. The summed E-state index contributed by atoms with van der Waals surface area (Å²) in [5.41, 5.74) is 0.865. The van der Waals surface area contributed by atoms with Crippen molar-refractivity contribution in [2.45, 2.75) is 32.9 Å². The molecule has 208 valence electrons. The van der Waals surface area contributed by atoms with Gasteiger partial charge in [-0.15, -0.1) is 0 Å². The molecule has 3 fully saturated rings. The van der Waals surface area contributed by atoms with E-state index in [1.807, 2.05) is 30.3 Å². The Balaban J connectivity index is 1.31. The van der Waals surface area contributed by atoms with E-state index >= 15 is 0 Å². The van der Waals surface area contributed by atoms with Crippen LogP contribution in [0.25, 0.3) is 0 Å². The first-order valence-electron chi connectivity index (χ1n) is 13.3. The molecule has 1 aromatic heterocycles. The summed E-state index contributed by atoms with van der Waals surface area (Å²) in [5.74, 6) is -1.69. The lowest BCUT2D eigenvalue weighted by atomic mass is 9.70. The van der Waals surface area contributed by atoms with Crippen LogP contribution in [0.5, 0.6) is 0 Å². The molecule has 3 aliphatic rings. The third-order valence-electron chi connectivity index (χ3n) is 8.52. The zero-order valence-electron chi connectivity index (χ0n) is 22.6. The summed E-state index contributed by atoms with van der Waals surface area (Å²) in [4.78, 5) is 55.5. The quantitative estimate of drug-likeness (QED) is 0.438. The molecule has 1 aliphatic carbocycles. The highest BCUT2D eigenvalue weighted by Gasteiger charge is 2.62. The fraction of sp³-hybridized carbons (Fsp3) is 0.536. The number of hydrogen-bond acceptors (Lipinski definition) is 6. The molecule has 0 bridgehead atoms. The third kappa shape index (κ3) is 5.15. The number of aliphatic hydroxyl groups excluding tert-OH is 1. The average molecular weight is 537 g/mol. The van der Waals surface area contributed by atoms with Gasteiger partial charge >= 0.3 is 0 Å². The third-order valence-corrected chi connectivity index (χ3v) is 8.52. The van der Waals surface area contributed by atoms with Crippen molar-refractivity contribution in [3.63, 3.8) is 0 Å². The molecule has 3 heterocycles. The molecule has 2 aromatic rings. The van der Waals surface area contributed by atoms with Crippen LogP contribution in [0.3, 0.4) is 0 Å². The first-order chi connectivity index (χ1) is 18.6. The van der Waals surface area contributed by atoms with Gasteiger partial charge in [0.25, 0.3) is 5.91 Å². The Labute approximate surface area is 227 Å². The molecular formula is C28H36N6O5. The van der Waals surface area contributed by atoms with Crippen LogP contribution in [0.1, 0.15) is 36.2 Å². The van der Waals surface area contributed by atoms with Gasteiger partial charge in [-0.05, 0) is 17.4 Å². The van der Waals surface area contributed by atoms with Gasteiger partial charge in [-0.25, -0.2) is 0 Å². The van der Waals surface area contributed by atoms with Crippen LogP contribution in [0.4, 0.5) is 0 Å². The first-order valence-corrected chi connectivity index (χ1v) is 13.3. The highest BCUT2D eigenvalue weighted by Crippen LogP contribution is 2.54. The van der Waals surface area contributed by atoms with E-state index in [4.69, 9.17) is 0 Å². The number of hydrogen-bond donors (Lipinski definition) is 3. The minimum Gasteiger partial charge on any atom is -0.394 e. The zero-order chi connectivity index (χ0) is 27.9. The van der Waals surface area contributed by atoms with Gasteiger partial charge < -0.3 is 25.5 Å². The number of rotatable bonds is 8. The van der Waals surface area contributed by atoms with E-state index in [2.05, 4.69) is 29.6 Å². The zero-order valence-corrected chi connectivity index (χ0v) is 22.6. The number of benzene rings is 1. The molecular weight excluding hydrogens is 500 g/mol. The molecule has 2 saturated heterocycles. The van der Waals surface area contributed by atoms with E-state index in [1.165, 1.54) is 13.2 Å². The van der Waals surface area contributed by atoms with Gasteiger partial charge in [-0.2, -0.15) is 5.10 Å². The van der Waals surface area contributed by atoms with E-state index < -0.39 is 35.8 Å². The van der Waals surface area contributed by atoms with E-state index in [9.17, 15) is 24.3 Å². The second-order valence-corrected chi connectivity index (χ2v) is 11.8. The van der Waals surface area contributed by atoms with Gasteiger partial charge in [0.05, 0.1) is 30.8 Å². The fourth-order valence-electron chi connectivity index (χ4n) is 5.94. The lowest BCUT2D eigenvalue weighted by molar-refractivity contribution is -0.152. The molecule has 3 atom stereocenters. The molecule has 1 spiro atoms. The Morgan fingerprint density at radius 3 is 2.36 bits per heavy atom. The standard InChI is InChI=1S/C28H36N6O5/c1-27(2)9-20(27)26(39)33-16-28(17-33)15-32(13-21(28)23(36)31-22(14-35)24(37)29-3)25(38)19-10-30-34(12-19)11-18-7-5-4-6-8-18/h4-8,10,12,20-22,35H,9,11,13-17H2,1-3H3,(H,29,37)(H,31,36)/t20-,21?,22+/m1/s1. The van der Waals surface area contributed by atoms with E-state index in [0.717, 1.165) is 12.0 Å². The summed E-state index contributed by atoms with van der Waals surface area (Å²) in [6.45, 7) is 5.34. The second kappa shape index (κ2) is 10.1. The number of nitrogens with one attached hydrogen (secondary N) is 2. The van der Waals surface area contributed by atoms with Crippen LogP contribution in [-0.2, 0) is 20.9 Å². The van der Waals surface area contributed by atoms with Gasteiger partial charge in [-0.1, -0.05) is 44.2 Å². The van der Waals surface area contributed by atoms with Crippen molar-refractivity contribution in [2.24, 2.45) is 22.7 Å². The van der Waals surface area contributed by atoms with Crippen molar-refractivity contribution in [2.75, 3.05) is 39.8 Å². The molecule has 11 nitrogen and oxygen atoms in total. The van der Waals surface area contributed by atoms with Gasteiger partial charge in [0.1, 0.15) is 6.04 Å². The Hall–Kier alpha value is -3.73. The highest BCUT2D eigenvalue weighted by atomic mass is 16.3. The molecule has 0 radical (unpaired) electrons. The lowest BCUT2D eigenvalue weighted by Gasteiger charge is -2.50. The number of likely N-dealkylation sites (N-methyl/N-ethyl adjacent to an activating group) is 1. The molecule has 1 saturated carbocycles. The molecule has 2 aliphatic heterocycles. The van der Waals surface area contributed by atoms with Crippen LogP contribution in [-0.4, -0.2) is 94.2 Å². The molecule has 1 aromatic carbocycles. The van der Waals surface area contributed by atoms with E-state index in [1.54, 1.807) is 20.7 Å².